The van der Waals surface area contributed by atoms with Crippen LogP contribution in [0.15, 0.2) is 176 Å². The van der Waals surface area contributed by atoms with Gasteiger partial charge in [-0.2, -0.15) is 11.8 Å². The summed E-state index contributed by atoms with van der Waals surface area (Å²) in [4.78, 5) is 43.1. The molecule has 0 radical (unpaired) electrons. The molecule has 0 saturated carbocycles. The molecule has 7 nitrogen and oxygen atoms in total. The number of nitrogens with zero attached hydrogens (tertiary/aromatic N) is 1. The van der Waals surface area contributed by atoms with Gasteiger partial charge in [0.15, 0.2) is 0 Å². The molecule has 0 aromatic heterocycles. The Bertz CT molecular complexity index is 2230. The monoisotopic (exact) mass is 832 g/mol. The van der Waals surface area contributed by atoms with Crippen LogP contribution in [0.1, 0.15) is 50.5 Å². The van der Waals surface area contributed by atoms with E-state index in [4.69, 9.17) is 9.47 Å². The molecule has 6 aromatic rings. The number of ether oxygens (including phenoxy) is 2. The SMILES string of the molecule is C=CCOC(=O)c1ccc(N(CCSC(c2ccccc2)(c2ccccc2)c2ccccc2)C(=O)[C@H](CCSC)NC(=O)OCC2c3ccccc3-c3ccccc32)cc1. The zero-order valence-corrected chi connectivity index (χ0v) is 35.2. The lowest BCUT2D eigenvalue weighted by molar-refractivity contribution is -0.120. The quantitative estimate of drug-likeness (QED) is 0.0524. The zero-order valence-electron chi connectivity index (χ0n) is 33.6. The Balaban J connectivity index is 1.17. The maximum Gasteiger partial charge on any atom is 0.407 e. The summed E-state index contributed by atoms with van der Waals surface area (Å²) in [6, 6.07) is 53.6. The summed E-state index contributed by atoms with van der Waals surface area (Å²) in [7, 11) is 0. The highest BCUT2D eigenvalue weighted by Crippen LogP contribution is 2.48. The molecule has 60 heavy (non-hydrogen) atoms. The van der Waals surface area contributed by atoms with E-state index in [1.807, 2.05) is 48.7 Å². The maximum atomic E-state index is 14.9. The molecule has 0 fully saturated rings. The topological polar surface area (TPSA) is 84.9 Å². The van der Waals surface area contributed by atoms with Gasteiger partial charge in [-0.3, -0.25) is 4.79 Å². The van der Waals surface area contributed by atoms with Crippen molar-refractivity contribution in [1.29, 1.82) is 0 Å². The number of carbonyl (C=O) groups is 3. The molecule has 2 amide bonds. The first-order valence-corrected chi connectivity index (χ1v) is 22.4. The van der Waals surface area contributed by atoms with Crippen molar-refractivity contribution in [1.82, 2.24) is 5.32 Å². The molecule has 7 rings (SSSR count). The summed E-state index contributed by atoms with van der Waals surface area (Å²) in [5.41, 5.74) is 8.79. The Labute approximate surface area is 361 Å². The van der Waals surface area contributed by atoms with Crippen molar-refractivity contribution in [3.63, 3.8) is 0 Å². The van der Waals surface area contributed by atoms with Crippen molar-refractivity contribution in [2.75, 3.05) is 42.4 Å². The van der Waals surface area contributed by atoms with E-state index >= 15 is 0 Å². The van der Waals surface area contributed by atoms with E-state index in [1.165, 1.54) is 6.08 Å². The molecule has 1 N–H and O–H groups in total. The minimum atomic E-state index is -0.877. The first-order valence-electron chi connectivity index (χ1n) is 20.0. The number of benzene rings is 6. The number of hydrogen-bond donors (Lipinski definition) is 1. The lowest BCUT2D eigenvalue weighted by Gasteiger charge is -2.36. The lowest BCUT2D eigenvalue weighted by Crippen LogP contribution is -2.50. The van der Waals surface area contributed by atoms with Crippen LogP contribution < -0.4 is 10.2 Å². The average molecular weight is 833 g/mol. The molecular formula is C51H48N2O5S2. The van der Waals surface area contributed by atoms with Crippen molar-refractivity contribution in [3.8, 4) is 11.1 Å². The first kappa shape index (κ1) is 42.1. The van der Waals surface area contributed by atoms with Crippen LogP contribution in [0, 0.1) is 0 Å². The van der Waals surface area contributed by atoms with E-state index in [9.17, 15) is 14.4 Å². The van der Waals surface area contributed by atoms with E-state index in [1.54, 1.807) is 52.7 Å². The van der Waals surface area contributed by atoms with Gasteiger partial charge < -0.3 is 19.7 Å². The smallest absolute Gasteiger partial charge is 0.407 e. The molecule has 0 saturated heterocycles. The molecule has 1 atom stereocenters. The molecule has 304 valence electrons. The van der Waals surface area contributed by atoms with Crippen LogP contribution in [0.25, 0.3) is 11.1 Å². The molecular weight excluding hydrogens is 785 g/mol. The van der Waals surface area contributed by atoms with Crippen molar-refractivity contribution in [2.45, 2.75) is 23.1 Å². The summed E-state index contributed by atoms with van der Waals surface area (Å²) < 4.78 is 10.6. The summed E-state index contributed by atoms with van der Waals surface area (Å²) in [5, 5.41) is 2.95. The van der Waals surface area contributed by atoms with Gasteiger partial charge in [0.25, 0.3) is 0 Å². The summed E-state index contributed by atoms with van der Waals surface area (Å²) in [6.45, 7) is 4.16. The normalized spacial score (nSPS) is 12.4. The number of alkyl carbamates (subject to hydrolysis) is 1. The fraction of sp³-hybridized carbons (Fsp3) is 0.196. The van der Waals surface area contributed by atoms with E-state index in [-0.39, 0.29) is 25.0 Å². The van der Waals surface area contributed by atoms with Gasteiger partial charge in [0.05, 0.1) is 10.3 Å². The number of hydrogen-bond acceptors (Lipinski definition) is 7. The molecule has 0 aliphatic heterocycles. The van der Waals surface area contributed by atoms with Gasteiger partial charge in [0, 0.05) is 23.9 Å². The highest BCUT2D eigenvalue weighted by Gasteiger charge is 2.38. The van der Waals surface area contributed by atoms with Crippen molar-refractivity contribution in [3.05, 3.63) is 210 Å². The predicted octanol–water partition coefficient (Wildman–Crippen LogP) is 10.7. The highest BCUT2D eigenvalue weighted by atomic mass is 32.2. The van der Waals surface area contributed by atoms with Gasteiger partial charge >= 0.3 is 12.1 Å². The van der Waals surface area contributed by atoms with Crippen LogP contribution in [-0.4, -0.2) is 61.5 Å². The van der Waals surface area contributed by atoms with Crippen LogP contribution in [0.4, 0.5) is 10.5 Å². The minimum absolute atomic E-state index is 0.0903. The number of anilines is 1. The van der Waals surface area contributed by atoms with Gasteiger partial charge in [0.1, 0.15) is 19.3 Å². The summed E-state index contributed by atoms with van der Waals surface area (Å²) in [6.07, 6.45) is 3.23. The fourth-order valence-corrected chi connectivity index (χ4v) is 9.84. The molecule has 1 aliphatic rings. The van der Waals surface area contributed by atoms with Crippen LogP contribution in [0.3, 0.4) is 0 Å². The largest absolute Gasteiger partial charge is 0.458 e. The molecule has 0 unspecified atom stereocenters. The zero-order chi connectivity index (χ0) is 41.7. The standard InChI is InChI=1S/C51H48N2O5S2/c1-3-33-57-49(55)37-27-29-41(30-28-37)53(32-35-60-51(38-17-7-4-8-18-38,39-19-9-5-10-20-39)40-21-11-6-12-22-40)48(54)47(31-34-59-2)52-50(56)58-36-46-44-25-15-13-23-42(44)43-24-14-16-26-45(43)46/h3-30,46-47H,1,31-36H2,2H3,(H,52,56)/t47-/m0/s1. The number of fused-ring (bicyclic) bond motifs is 3. The van der Waals surface area contributed by atoms with Crippen LogP contribution in [-0.2, 0) is 19.0 Å². The van der Waals surface area contributed by atoms with Crippen LogP contribution >= 0.6 is 23.5 Å². The number of nitrogens with one attached hydrogen (secondary N) is 1. The molecule has 1 aliphatic carbocycles. The Morgan fingerprint density at radius 2 is 1.22 bits per heavy atom. The first-order chi connectivity index (χ1) is 29.4. The van der Waals surface area contributed by atoms with E-state index < -0.39 is 22.9 Å². The van der Waals surface area contributed by atoms with Gasteiger partial charge in [0.2, 0.25) is 5.91 Å². The molecule has 0 bridgehead atoms. The Kier molecular flexibility index (Phi) is 14.2. The van der Waals surface area contributed by atoms with Crippen LogP contribution in [0.2, 0.25) is 0 Å². The second-order valence-electron chi connectivity index (χ2n) is 14.4. The van der Waals surface area contributed by atoms with E-state index in [0.717, 1.165) is 38.9 Å². The number of carbonyl (C=O) groups excluding carboxylic acids is 3. The van der Waals surface area contributed by atoms with E-state index in [0.29, 0.717) is 35.7 Å². The molecule has 9 heteroatoms. The van der Waals surface area contributed by atoms with Gasteiger partial charge in [-0.05, 0) is 81.6 Å². The average Bonchev–Trinajstić information content (AvgIpc) is 3.63. The third-order valence-corrected chi connectivity index (χ3v) is 12.9. The Hall–Kier alpha value is -6.03. The maximum absolute atomic E-state index is 14.9. The minimum Gasteiger partial charge on any atom is -0.458 e. The van der Waals surface area contributed by atoms with Gasteiger partial charge in [-0.25, -0.2) is 9.59 Å². The molecule has 0 spiro atoms. The predicted molar refractivity (Wildman–Crippen MR) is 246 cm³/mol. The third-order valence-electron chi connectivity index (χ3n) is 10.7. The molecule has 0 heterocycles. The molecule has 6 aromatic carbocycles. The number of thioether (sulfide) groups is 2. The van der Waals surface area contributed by atoms with Crippen molar-refractivity contribution < 1.29 is 23.9 Å². The third kappa shape index (κ3) is 9.38. The number of amides is 2. The van der Waals surface area contributed by atoms with Gasteiger partial charge in [-0.15, -0.1) is 11.8 Å². The van der Waals surface area contributed by atoms with Crippen molar-refractivity contribution in [2.24, 2.45) is 0 Å². The van der Waals surface area contributed by atoms with Gasteiger partial charge in [-0.1, -0.05) is 152 Å². The van der Waals surface area contributed by atoms with E-state index in [2.05, 4.69) is 109 Å². The second-order valence-corrected chi connectivity index (χ2v) is 16.7. The number of esters is 1. The van der Waals surface area contributed by atoms with Crippen molar-refractivity contribution >= 4 is 47.2 Å². The van der Waals surface area contributed by atoms with Crippen LogP contribution in [0.5, 0.6) is 0 Å². The Morgan fingerprint density at radius 3 is 1.73 bits per heavy atom. The second kappa shape index (κ2) is 20.3. The lowest BCUT2D eigenvalue weighted by atomic mass is 9.84. The fourth-order valence-electron chi connectivity index (χ4n) is 7.88. The number of rotatable bonds is 18. The summed E-state index contributed by atoms with van der Waals surface area (Å²) in [5.74, 6) is 0.282. The summed E-state index contributed by atoms with van der Waals surface area (Å²) >= 11 is 3.35. The Morgan fingerprint density at radius 1 is 0.700 bits per heavy atom. The highest BCUT2D eigenvalue weighted by molar-refractivity contribution is 8.00.